The van der Waals surface area contributed by atoms with Gasteiger partial charge in [-0.15, -0.1) is 11.3 Å². The molecule has 1 unspecified atom stereocenters. The summed E-state index contributed by atoms with van der Waals surface area (Å²) in [5.74, 6) is 0.0687. The normalized spacial score (nSPS) is 16.4. The van der Waals surface area contributed by atoms with Crippen molar-refractivity contribution < 1.29 is 4.79 Å². The molecule has 5 heteroatoms. The number of nitrogens with zero attached hydrogens (tertiary/aromatic N) is 2. The van der Waals surface area contributed by atoms with Gasteiger partial charge in [-0.2, -0.15) is 5.10 Å². The van der Waals surface area contributed by atoms with Crippen molar-refractivity contribution in [1.82, 2.24) is 15.1 Å². The van der Waals surface area contributed by atoms with Crippen LogP contribution in [0.4, 0.5) is 0 Å². The second-order valence-electron chi connectivity index (χ2n) is 6.35. The van der Waals surface area contributed by atoms with E-state index in [9.17, 15) is 4.79 Å². The Morgan fingerprint density at radius 1 is 1.16 bits per heavy atom. The topological polar surface area (TPSA) is 49.0 Å². The standard InChI is InChI=1S/C20H21N3OS/c1-2-3-7-12-23-19(15-11-8-13-25-15)16-17(14-9-5-4-6-10-14)21-22-18(16)20(23)24/h4-6,8-11,13,19H,2-3,7,12H2,1H3,(H,21,22). The highest BCUT2D eigenvalue weighted by Gasteiger charge is 2.42. The molecule has 1 N–H and O–H groups in total. The number of fused-ring (bicyclic) bond motifs is 1. The number of H-pyrrole nitrogens is 1. The zero-order valence-corrected chi connectivity index (χ0v) is 15.1. The van der Waals surface area contributed by atoms with E-state index in [0.717, 1.165) is 42.6 Å². The van der Waals surface area contributed by atoms with Gasteiger partial charge in [0.15, 0.2) is 0 Å². The van der Waals surface area contributed by atoms with Crippen molar-refractivity contribution in [3.63, 3.8) is 0 Å². The number of aromatic nitrogens is 2. The highest BCUT2D eigenvalue weighted by molar-refractivity contribution is 7.10. The summed E-state index contributed by atoms with van der Waals surface area (Å²) in [7, 11) is 0. The lowest BCUT2D eigenvalue weighted by Crippen LogP contribution is -2.30. The average Bonchev–Trinajstić information content (AvgIpc) is 3.35. The molecule has 1 amide bonds. The number of carbonyl (C=O) groups is 1. The Balaban J connectivity index is 1.79. The third kappa shape index (κ3) is 2.78. The van der Waals surface area contributed by atoms with Gasteiger partial charge in [0.1, 0.15) is 5.69 Å². The first-order valence-corrected chi connectivity index (χ1v) is 9.67. The summed E-state index contributed by atoms with van der Waals surface area (Å²) in [6.45, 7) is 2.97. The van der Waals surface area contributed by atoms with Gasteiger partial charge in [-0.3, -0.25) is 9.89 Å². The molecule has 3 aromatic rings. The molecule has 1 aromatic carbocycles. The fourth-order valence-electron chi connectivity index (χ4n) is 3.52. The number of thiophene rings is 1. The molecule has 4 nitrogen and oxygen atoms in total. The van der Waals surface area contributed by atoms with Gasteiger partial charge in [-0.05, 0) is 17.9 Å². The SMILES string of the molecule is CCCCCN1C(=O)c2[nH]nc(-c3ccccc3)c2C1c1cccs1. The van der Waals surface area contributed by atoms with Crippen LogP contribution in [-0.4, -0.2) is 27.5 Å². The number of unbranched alkanes of at least 4 members (excludes halogenated alkanes) is 2. The van der Waals surface area contributed by atoms with Gasteiger partial charge in [0.05, 0.1) is 11.7 Å². The Hall–Kier alpha value is -2.40. The lowest BCUT2D eigenvalue weighted by atomic mass is 10.0. The van der Waals surface area contributed by atoms with Crippen LogP contribution < -0.4 is 0 Å². The predicted octanol–water partition coefficient (Wildman–Crippen LogP) is 4.87. The Morgan fingerprint density at radius 3 is 2.72 bits per heavy atom. The summed E-state index contributed by atoms with van der Waals surface area (Å²) < 4.78 is 0. The van der Waals surface area contributed by atoms with E-state index in [4.69, 9.17) is 0 Å². The molecule has 0 bridgehead atoms. The molecule has 1 aliphatic rings. The molecule has 25 heavy (non-hydrogen) atoms. The van der Waals surface area contributed by atoms with Gasteiger partial charge < -0.3 is 4.90 Å². The number of hydrogen-bond acceptors (Lipinski definition) is 3. The summed E-state index contributed by atoms with van der Waals surface area (Å²) in [5.41, 5.74) is 3.61. The molecule has 0 saturated heterocycles. The summed E-state index contributed by atoms with van der Waals surface area (Å²) in [5, 5.41) is 9.57. The third-order valence-corrected chi connectivity index (χ3v) is 5.65. The maximum atomic E-state index is 13.0. The second-order valence-corrected chi connectivity index (χ2v) is 7.33. The van der Waals surface area contributed by atoms with Crippen LogP contribution in [0.25, 0.3) is 11.3 Å². The third-order valence-electron chi connectivity index (χ3n) is 4.73. The number of hydrogen-bond donors (Lipinski definition) is 1. The molecule has 1 aliphatic heterocycles. The summed E-state index contributed by atoms with van der Waals surface area (Å²) in [6, 6.07) is 14.2. The van der Waals surface area contributed by atoms with Gasteiger partial charge in [-0.1, -0.05) is 56.2 Å². The van der Waals surface area contributed by atoms with E-state index in [1.807, 2.05) is 35.2 Å². The van der Waals surface area contributed by atoms with Crippen LogP contribution in [0.15, 0.2) is 47.8 Å². The van der Waals surface area contributed by atoms with E-state index in [2.05, 4.69) is 34.6 Å². The quantitative estimate of drug-likeness (QED) is 0.644. The van der Waals surface area contributed by atoms with Crippen LogP contribution in [0.1, 0.15) is 53.2 Å². The summed E-state index contributed by atoms with van der Waals surface area (Å²) in [6.07, 6.45) is 3.31. The Bertz CT molecular complexity index is 854. The van der Waals surface area contributed by atoms with E-state index in [0.29, 0.717) is 5.69 Å². The minimum absolute atomic E-state index is 0.0340. The fourth-order valence-corrected chi connectivity index (χ4v) is 4.36. The van der Waals surface area contributed by atoms with Gasteiger partial charge >= 0.3 is 0 Å². The van der Waals surface area contributed by atoms with Crippen molar-refractivity contribution >= 4 is 17.2 Å². The number of nitrogens with one attached hydrogen (secondary N) is 1. The molecule has 0 spiro atoms. The number of aromatic amines is 1. The molecule has 0 aliphatic carbocycles. The van der Waals surface area contributed by atoms with Crippen LogP contribution in [0.5, 0.6) is 0 Å². The molecule has 4 rings (SSSR count). The predicted molar refractivity (Wildman–Crippen MR) is 101 cm³/mol. The monoisotopic (exact) mass is 351 g/mol. The minimum Gasteiger partial charge on any atom is -0.325 e. The number of benzene rings is 1. The largest absolute Gasteiger partial charge is 0.325 e. The molecule has 0 saturated carbocycles. The lowest BCUT2D eigenvalue weighted by molar-refractivity contribution is 0.0742. The van der Waals surface area contributed by atoms with Crippen molar-refractivity contribution in [3.05, 3.63) is 64.0 Å². The molecule has 2 aromatic heterocycles. The van der Waals surface area contributed by atoms with Gasteiger partial charge in [0, 0.05) is 22.5 Å². The van der Waals surface area contributed by atoms with E-state index in [1.54, 1.807) is 11.3 Å². The van der Waals surface area contributed by atoms with Crippen LogP contribution in [0, 0.1) is 0 Å². The van der Waals surface area contributed by atoms with E-state index in [1.165, 1.54) is 4.88 Å². The van der Waals surface area contributed by atoms with Crippen LogP contribution in [0.3, 0.4) is 0 Å². The molecule has 128 valence electrons. The molecule has 1 atom stereocenters. The number of rotatable bonds is 6. The Morgan fingerprint density at radius 2 is 2.00 bits per heavy atom. The van der Waals surface area contributed by atoms with Gasteiger partial charge in [0.2, 0.25) is 0 Å². The van der Waals surface area contributed by atoms with E-state index >= 15 is 0 Å². The van der Waals surface area contributed by atoms with Gasteiger partial charge in [-0.25, -0.2) is 0 Å². The van der Waals surface area contributed by atoms with Crippen LogP contribution in [-0.2, 0) is 0 Å². The molecule has 3 heterocycles. The first-order valence-electron chi connectivity index (χ1n) is 8.79. The van der Waals surface area contributed by atoms with E-state index < -0.39 is 0 Å². The summed E-state index contributed by atoms with van der Waals surface area (Å²) in [4.78, 5) is 16.2. The first-order chi connectivity index (χ1) is 12.3. The van der Waals surface area contributed by atoms with Crippen molar-refractivity contribution in [3.8, 4) is 11.3 Å². The van der Waals surface area contributed by atoms with E-state index in [-0.39, 0.29) is 11.9 Å². The Kier molecular flexibility index (Phi) is 4.40. The van der Waals surface area contributed by atoms with Crippen LogP contribution in [0.2, 0.25) is 0 Å². The second kappa shape index (κ2) is 6.84. The molecular formula is C20H21N3OS. The molecular weight excluding hydrogens is 330 g/mol. The zero-order valence-electron chi connectivity index (χ0n) is 14.2. The summed E-state index contributed by atoms with van der Waals surface area (Å²) >= 11 is 1.70. The zero-order chi connectivity index (χ0) is 17.2. The van der Waals surface area contributed by atoms with Gasteiger partial charge in [0.25, 0.3) is 5.91 Å². The molecule has 0 fully saturated rings. The van der Waals surface area contributed by atoms with Crippen LogP contribution >= 0.6 is 11.3 Å². The molecule has 0 radical (unpaired) electrons. The smallest absolute Gasteiger partial charge is 0.273 e. The van der Waals surface area contributed by atoms with Crippen molar-refractivity contribution in [1.29, 1.82) is 0 Å². The fraction of sp³-hybridized carbons (Fsp3) is 0.300. The maximum absolute atomic E-state index is 13.0. The Labute approximate surface area is 151 Å². The first kappa shape index (κ1) is 16.1. The number of carbonyl (C=O) groups excluding carboxylic acids is 1. The highest BCUT2D eigenvalue weighted by atomic mass is 32.1. The highest BCUT2D eigenvalue weighted by Crippen LogP contribution is 2.44. The maximum Gasteiger partial charge on any atom is 0.273 e. The lowest BCUT2D eigenvalue weighted by Gasteiger charge is -2.25. The van der Waals surface area contributed by atoms with Crippen molar-refractivity contribution in [2.24, 2.45) is 0 Å². The number of amides is 1. The minimum atomic E-state index is -0.0340. The average molecular weight is 351 g/mol. The van der Waals surface area contributed by atoms with Crippen molar-refractivity contribution in [2.45, 2.75) is 32.2 Å². The van der Waals surface area contributed by atoms with Crippen molar-refractivity contribution in [2.75, 3.05) is 6.54 Å².